The number of hydrogen-bond donors (Lipinski definition) is 0. The summed E-state index contributed by atoms with van der Waals surface area (Å²) in [6.45, 7) is 9.58. The topological polar surface area (TPSA) is 36.1 Å². The van der Waals surface area contributed by atoms with Crippen molar-refractivity contribution < 1.29 is 18.6 Å². The highest BCUT2D eigenvalue weighted by Crippen LogP contribution is 2.00. The lowest BCUT2D eigenvalue weighted by Gasteiger charge is -2.03. The van der Waals surface area contributed by atoms with Crippen LogP contribution in [-0.2, 0) is 36.0 Å². The summed E-state index contributed by atoms with van der Waals surface area (Å²) in [5, 5.41) is 0. The van der Waals surface area contributed by atoms with Gasteiger partial charge in [-0.1, -0.05) is 26.7 Å². The summed E-state index contributed by atoms with van der Waals surface area (Å²) in [6.07, 6.45) is 23.7. The van der Waals surface area contributed by atoms with Gasteiger partial charge in [-0.3, -0.25) is 0 Å². The second kappa shape index (κ2) is 15.2. The molecular formula is C23H42N4O2+2. The molecule has 0 aliphatic rings. The normalized spacial score (nSPS) is 11.4. The maximum atomic E-state index is 5.78. The van der Waals surface area contributed by atoms with E-state index in [2.05, 4.69) is 69.6 Å². The Morgan fingerprint density at radius 2 is 1.10 bits per heavy atom. The summed E-state index contributed by atoms with van der Waals surface area (Å²) < 4.78 is 20.3. The Balaban J connectivity index is 1.41. The first kappa shape index (κ1) is 23.6. The summed E-state index contributed by atoms with van der Waals surface area (Å²) in [4.78, 5) is 0. The maximum absolute atomic E-state index is 5.78. The second-order valence-corrected chi connectivity index (χ2v) is 7.88. The van der Waals surface area contributed by atoms with E-state index in [0.717, 1.165) is 45.6 Å². The highest BCUT2D eigenvalue weighted by atomic mass is 16.5. The SMILES string of the molecule is CCCCCn1cc[n+](COCCCCCOC[n+]2ccn(CCCCC)c2)c1. The lowest BCUT2D eigenvalue weighted by Crippen LogP contribution is -2.33. The molecule has 0 N–H and O–H groups in total. The van der Waals surface area contributed by atoms with E-state index in [4.69, 9.17) is 9.47 Å². The van der Waals surface area contributed by atoms with Crippen molar-refractivity contribution in [3.63, 3.8) is 0 Å². The molecule has 2 aromatic rings. The van der Waals surface area contributed by atoms with E-state index in [0.29, 0.717) is 13.5 Å². The van der Waals surface area contributed by atoms with E-state index in [-0.39, 0.29) is 0 Å². The monoisotopic (exact) mass is 406 g/mol. The Labute approximate surface area is 177 Å². The van der Waals surface area contributed by atoms with Gasteiger partial charge in [-0.2, -0.15) is 0 Å². The molecule has 6 heteroatoms. The van der Waals surface area contributed by atoms with Gasteiger partial charge in [0.1, 0.15) is 24.8 Å². The minimum Gasteiger partial charge on any atom is -0.342 e. The Bertz CT molecular complexity index is 584. The molecule has 0 aliphatic heterocycles. The van der Waals surface area contributed by atoms with Gasteiger partial charge in [-0.25, -0.2) is 18.3 Å². The van der Waals surface area contributed by atoms with Crippen molar-refractivity contribution in [2.75, 3.05) is 13.2 Å². The molecule has 0 aliphatic carbocycles. The van der Waals surface area contributed by atoms with Crippen LogP contribution in [0.25, 0.3) is 0 Å². The van der Waals surface area contributed by atoms with Crippen LogP contribution in [0.15, 0.2) is 37.4 Å². The summed E-state index contributed by atoms with van der Waals surface area (Å²) >= 11 is 0. The molecule has 0 bridgehead atoms. The molecule has 0 saturated heterocycles. The lowest BCUT2D eigenvalue weighted by atomic mass is 10.2. The predicted molar refractivity (Wildman–Crippen MR) is 114 cm³/mol. The summed E-state index contributed by atoms with van der Waals surface area (Å²) in [5.74, 6) is 0. The van der Waals surface area contributed by atoms with Gasteiger partial charge in [0.05, 0.1) is 26.3 Å². The summed E-state index contributed by atoms with van der Waals surface area (Å²) in [6, 6.07) is 0. The predicted octanol–water partition coefficient (Wildman–Crippen LogP) is 4.06. The minimum atomic E-state index is 0.642. The zero-order valence-corrected chi connectivity index (χ0v) is 18.7. The van der Waals surface area contributed by atoms with Gasteiger partial charge in [0.2, 0.25) is 12.7 Å². The van der Waals surface area contributed by atoms with Crippen LogP contribution in [0.3, 0.4) is 0 Å². The zero-order chi connectivity index (χ0) is 20.6. The number of aromatic nitrogens is 4. The number of imidazole rings is 2. The fourth-order valence-electron chi connectivity index (χ4n) is 3.31. The molecule has 0 atom stereocenters. The molecule has 2 rings (SSSR count). The summed E-state index contributed by atoms with van der Waals surface area (Å²) in [7, 11) is 0. The number of aryl methyl sites for hydroxylation is 2. The molecule has 2 heterocycles. The Morgan fingerprint density at radius 3 is 1.55 bits per heavy atom. The molecular weight excluding hydrogens is 364 g/mol. The quantitative estimate of drug-likeness (QED) is 0.276. The van der Waals surface area contributed by atoms with Crippen molar-refractivity contribution in [2.24, 2.45) is 0 Å². The molecule has 0 amide bonds. The van der Waals surface area contributed by atoms with Crippen molar-refractivity contribution in [2.45, 2.75) is 98.2 Å². The molecule has 0 fully saturated rings. The largest absolute Gasteiger partial charge is 0.342 e. The van der Waals surface area contributed by atoms with Gasteiger partial charge in [0.25, 0.3) is 0 Å². The van der Waals surface area contributed by atoms with E-state index in [1.54, 1.807) is 0 Å². The fraction of sp³-hybridized carbons (Fsp3) is 0.739. The highest BCUT2D eigenvalue weighted by Gasteiger charge is 2.04. The minimum absolute atomic E-state index is 0.642. The van der Waals surface area contributed by atoms with Crippen LogP contribution in [0.2, 0.25) is 0 Å². The molecule has 0 radical (unpaired) electrons. The number of nitrogens with zero attached hydrogens (tertiary/aromatic N) is 4. The van der Waals surface area contributed by atoms with Crippen LogP contribution < -0.4 is 9.13 Å². The molecule has 2 aromatic heterocycles. The van der Waals surface area contributed by atoms with Crippen LogP contribution in [-0.4, -0.2) is 22.3 Å². The van der Waals surface area contributed by atoms with Crippen molar-refractivity contribution >= 4 is 0 Å². The molecule has 0 saturated carbocycles. The average Bonchev–Trinajstić information content (AvgIpc) is 3.37. The molecule has 0 aromatic carbocycles. The standard InChI is InChI=1S/C23H42N4O2/c1-3-5-8-12-24-14-16-26(20-24)22-28-18-10-7-11-19-29-23-27-17-15-25(21-27)13-9-6-4-2/h14-17,20-21H,3-13,18-19,22-23H2,1-2H3/q+2. The number of rotatable bonds is 18. The maximum Gasteiger partial charge on any atom is 0.245 e. The molecule has 6 nitrogen and oxygen atoms in total. The van der Waals surface area contributed by atoms with Crippen LogP contribution in [0, 0.1) is 0 Å². The van der Waals surface area contributed by atoms with Crippen LogP contribution >= 0.6 is 0 Å². The Hall–Kier alpha value is -1.66. The zero-order valence-electron chi connectivity index (χ0n) is 18.7. The third-order valence-corrected chi connectivity index (χ3v) is 5.09. The van der Waals surface area contributed by atoms with Gasteiger partial charge < -0.3 is 9.47 Å². The molecule has 29 heavy (non-hydrogen) atoms. The Morgan fingerprint density at radius 1 is 0.621 bits per heavy atom. The van der Waals surface area contributed by atoms with Crippen LogP contribution in [0.5, 0.6) is 0 Å². The second-order valence-electron chi connectivity index (χ2n) is 7.88. The van der Waals surface area contributed by atoms with Crippen molar-refractivity contribution in [1.82, 2.24) is 9.13 Å². The van der Waals surface area contributed by atoms with E-state index in [1.165, 1.54) is 38.5 Å². The van der Waals surface area contributed by atoms with Crippen molar-refractivity contribution in [3.8, 4) is 0 Å². The van der Waals surface area contributed by atoms with Crippen LogP contribution in [0.4, 0.5) is 0 Å². The van der Waals surface area contributed by atoms with Gasteiger partial charge in [-0.05, 0) is 44.9 Å². The van der Waals surface area contributed by atoms with E-state index >= 15 is 0 Å². The van der Waals surface area contributed by atoms with E-state index < -0.39 is 0 Å². The summed E-state index contributed by atoms with van der Waals surface area (Å²) in [5.41, 5.74) is 0. The van der Waals surface area contributed by atoms with Gasteiger partial charge in [-0.15, -0.1) is 0 Å². The number of unbranched alkanes of at least 4 members (excludes halogenated alkanes) is 6. The fourth-order valence-corrected chi connectivity index (χ4v) is 3.31. The van der Waals surface area contributed by atoms with Gasteiger partial charge in [0, 0.05) is 0 Å². The molecule has 164 valence electrons. The number of hydrogen-bond acceptors (Lipinski definition) is 2. The van der Waals surface area contributed by atoms with Crippen molar-refractivity contribution in [3.05, 3.63) is 37.4 Å². The lowest BCUT2D eigenvalue weighted by molar-refractivity contribution is -0.732. The molecule has 0 spiro atoms. The van der Waals surface area contributed by atoms with E-state index in [1.807, 2.05) is 0 Å². The first-order chi connectivity index (χ1) is 14.3. The number of ether oxygens (including phenoxy) is 2. The van der Waals surface area contributed by atoms with Gasteiger partial charge >= 0.3 is 0 Å². The van der Waals surface area contributed by atoms with Crippen molar-refractivity contribution in [1.29, 1.82) is 0 Å². The van der Waals surface area contributed by atoms with Gasteiger partial charge in [0.15, 0.2) is 13.5 Å². The smallest absolute Gasteiger partial charge is 0.245 e. The molecule has 0 unspecified atom stereocenters. The third kappa shape index (κ3) is 10.6. The highest BCUT2D eigenvalue weighted by molar-refractivity contribution is 4.66. The Kier molecular flexibility index (Phi) is 12.4. The first-order valence-corrected chi connectivity index (χ1v) is 11.6. The third-order valence-electron chi connectivity index (χ3n) is 5.09. The van der Waals surface area contributed by atoms with E-state index in [9.17, 15) is 0 Å². The van der Waals surface area contributed by atoms with Crippen LogP contribution in [0.1, 0.15) is 71.6 Å². The first-order valence-electron chi connectivity index (χ1n) is 11.6. The average molecular weight is 407 g/mol.